The molecule has 20 heavy (non-hydrogen) atoms. The Kier molecular flexibility index (Phi) is 3.93. The quantitative estimate of drug-likeness (QED) is 0.928. The van der Waals surface area contributed by atoms with Crippen LogP contribution in [0.3, 0.4) is 0 Å². The van der Waals surface area contributed by atoms with Gasteiger partial charge in [-0.15, -0.1) is 0 Å². The van der Waals surface area contributed by atoms with Gasteiger partial charge in [0.25, 0.3) is 0 Å². The molecule has 1 heterocycles. The maximum absolute atomic E-state index is 6.07. The molecule has 0 fully saturated rings. The Balaban J connectivity index is 2.62. The fourth-order valence-electron chi connectivity index (χ4n) is 2.44. The first-order valence-electron chi connectivity index (χ1n) is 6.73. The summed E-state index contributed by atoms with van der Waals surface area (Å²) in [5.74, 6) is 2.49. The summed E-state index contributed by atoms with van der Waals surface area (Å²) in [6.45, 7) is 8.09. The van der Waals surface area contributed by atoms with Crippen LogP contribution >= 0.6 is 0 Å². The minimum Gasteiger partial charge on any atom is -0.496 e. The highest BCUT2D eigenvalue weighted by Crippen LogP contribution is 2.34. The lowest BCUT2D eigenvalue weighted by Gasteiger charge is -2.15. The lowest BCUT2D eigenvalue weighted by molar-refractivity contribution is 0.407. The van der Waals surface area contributed by atoms with E-state index >= 15 is 0 Å². The van der Waals surface area contributed by atoms with Crippen molar-refractivity contribution >= 4 is 5.82 Å². The third-order valence-corrected chi connectivity index (χ3v) is 3.37. The third kappa shape index (κ3) is 2.59. The van der Waals surface area contributed by atoms with Crippen LogP contribution in [-0.2, 0) is 0 Å². The number of aryl methyl sites for hydroxylation is 2. The first-order chi connectivity index (χ1) is 9.43. The highest BCUT2D eigenvalue weighted by Gasteiger charge is 2.14. The van der Waals surface area contributed by atoms with Gasteiger partial charge in [0.05, 0.1) is 12.8 Å². The van der Waals surface area contributed by atoms with E-state index in [4.69, 9.17) is 10.5 Å². The minimum absolute atomic E-state index is 0.373. The van der Waals surface area contributed by atoms with Crippen molar-refractivity contribution in [3.05, 3.63) is 35.3 Å². The predicted molar refractivity (Wildman–Crippen MR) is 82.0 cm³/mol. The van der Waals surface area contributed by atoms with Gasteiger partial charge in [-0.3, -0.25) is 0 Å². The first kappa shape index (κ1) is 14.3. The molecule has 4 heteroatoms. The molecule has 0 aliphatic carbocycles. The van der Waals surface area contributed by atoms with E-state index in [2.05, 4.69) is 29.9 Å². The number of aromatic nitrogens is 2. The molecule has 1 aromatic carbocycles. The second-order valence-corrected chi connectivity index (χ2v) is 5.23. The van der Waals surface area contributed by atoms with E-state index < -0.39 is 0 Å². The molecule has 0 aliphatic rings. The second kappa shape index (κ2) is 5.49. The van der Waals surface area contributed by atoms with Crippen molar-refractivity contribution in [3.8, 4) is 16.9 Å². The van der Waals surface area contributed by atoms with E-state index in [1.54, 1.807) is 7.11 Å². The van der Waals surface area contributed by atoms with Gasteiger partial charge in [-0.2, -0.15) is 0 Å². The minimum atomic E-state index is 0.373. The molecule has 106 valence electrons. The Bertz CT molecular complexity index is 613. The smallest absolute Gasteiger partial charge is 0.135 e. The number of nitrogens with two attached hydrogens (primary N) is 1. The van der Waals surface area contributed by atoms with Crippen LogP contribution in [0.25, 0.3) is 11.1 Å². The fraction of sp³-hybridized carbons (Fsp3) is 0.375. The van der Waals surface area contributed by atoms with Gasteiger partial charge in [0.15, 0.2) is 0 Å². The highest BCUT2D eigenvalue weighted by molar-refractivity contribution is 5.77. The average Bonchev–Trinajstić information content (AvgIpc) is 2.37. The summed E-state index contributed by atoms with van der Waals surface area (Å²) in [4.78, 5) is 8.67. The SMILES string of the molecule is COc1ccc(-c2c(C)nc(C)nc2N)cc1C(C)C. The van der Waals surface area contributed by atoms with Crippen molar-refractivity contribution in [1.82, 2.24) is 9.97 Å². The number of ether oxygens (including phenoxy) is 1. The van der Waals surface area contributed by atoms with E-state index in [1.165, 1.54) is 0 Å². The second-order valence-electron chi connectivity index (χ2n) is 5.23. The predicted octanol–water partition coefficient (Wildman–Crippen LogP) is 3.47. The summed E-state index contributed by atoms with van der Waals surface area (Å²) in [5.41, 5.74) is 10.1. The van der Waals surface area contributed by atoms with Crippen LogP contribution in [0.5, 0.6) is 5.75 Å². The van der Waals surface area contributed by atoms with Crippen LogP contribution in [0.1, 0.15) is 36.8 Å². The molecule has 4 nitrogen and oxygen atoms in total. The molecule has 0 bridgehead atoms. The highest BCUT2D eigenvalue weighted by atomic mass is 16.5. The van der Waals surface area contributed by atoms with E-state index in [1.807, 2.05) is 26.0 Å². The molecule has 0 saturated heterocycles. The number of methoxy groups -OCH3 is 1. The Hall–Kier alpha value is -2.10. The van der Waals surface area contributed by atoms with Gasteiger partial charge < -0.3 is 10.5 Å². The van der Waals surface area contributed by atoms with E-state index in [0.717, 1.165) is 28.1 Å². The number of hydrogen-bond acceptors (Lipinski definition) is 4. The van der Waals surface area contributed by atoms with Gasteiger partial charge in [0, 0.05) is 5.56 Å². The lowest BCUT2D eigenvalue weighted by atomic mass is 9.96. The largest absolute Gasteiger partial charge is 0.496 e. The Morgan fingerprint density at radius 1 is 1.15 bits per heavy atom. The van der Waals surface area contributed by atoms with Crippen molar-refractivity contribution in [1.29, 1.82) is 0 Å². The van der Waals surface area contributed by atoms with Crippen LogP contribution in [0.4, 0.5) is 5.82 Å². The molecular formula is C16H21N3O. The third-order valence-electron chi connectivity index (χ3n) is 3.37. The Morgan fingerprint density at radius 2 is 1.85 bits per heavy atom. The number of nitrogen functional groups attached to an aromatic ring is 1. The number of nitrogens with zero attached hydrogens (tertiary/aromatic N) is 2. The van der Waals surface area contributed by atoms with Gasteiger partial charge in [0.1, 0.15) is 17.4 Å². The molecule has 1 aromatic heterocycles. The van der Waals surface area contributed by atoms with Crippen LogP contribution < -0.4 is 10.5 Å². The molecule has 2 rings (SSSR count). The maximum Gasteiger partial charge on any atom is 0.135 e. The van der Waals surface area contributed by atoms with Crippen molar-refractivity contribution in [2.24, 2.45) is 0 Å². The number of anilines is 1. The molecule has 2 N–H and O–H groups in total. The van der Waals surface area contributed by atoms with Gasteiger partial charge in [-0.05, 0) is 43.0 Å². The van der Waals surface area contributed by atoms with Crippen molar-refractivity contribution in [2.75, 3.05) is 12.8 Å². The van der Waals surface area contributed by atoms with Gasteiger partial charge in [0.2, 0.25) is 0 Å². The lowest BCUT2D eigenvalue weighted by Crippen LogP contribution is -2.03. The standard InChI is InChI=1S/C16H21N3O/c1-9(2)13-8-12(6-7-14(13)20-5)15-10(3)18-11(4)19-16(15)17/h6-9H,1-5H3,(H2,17,18,19). The molecule has 0 saturated carbocycles. The zero-order chi connectivity index (χ0) is 14.9. The molecule has 0 spiro atoms. The summed E-state index contributed by atoms with van der Waals surface area (Å²) in [7, 11) is 1.69. The summed E-state index contributed by atoms with van der Waals surface area (Å²) < 4.78 is 5.41. The average molecular weight is 271 g/mol. The van der Waals surface area contributed by atoms with Crippen LogP contribution in [0.2, 0.25) is 0 Å². The Labute approximate surface area is 120 Å². The molecule has 0 radical (unpaired) electrons. The maximum atomic E-state index is 6.07. The summed E-state index contributed by atoms with van der Waals surface area (Å²) in [6, 6.07) is 6.09. The summed E-state index contributed by atoms with van der Waals surface area (Å²) >= 11 is 0. The zero-order valence-electron chi connectivity index (χ0n) is 12.7. The molecule has 2 aromatic rings. The normalized spacial score (nSPS) is 10.9. The van der Waals surface area contributed by atoms with E-state index in [0.29, 0.717) is 17.6 Å². The van der Waals surface area contributed by atoms with Crippen LogP contribution in [-0.4, -0.2) is 17.1 Å². The topological polar surface area (TPSA) is 61.0 Å². The van der Waals surface area contributed by atoms with E-state index in [9.17, 15) is 0 Å². The van der Waals surface area contributed by atoms with E-state index in [-0.39, 0.29) is 0 Å². The van der Waals surface area contributed by atoms with Gasteiger partial charge >= 0.3 is 0 Å². The molecule has 0 aliphatic heterocycles. The van der Waals surface area contributed by atoms with Crippen LogP contribution in [0.15, 0.2) is 18.2 Å². The zero-order valence-corrected chi connectivity index (χ0v) is 12.7. The number of rotatable bonds is 3. The first-order valence-corrected chi connectivity index (χ1v) is 6.73. The van der Waals surface area contributed by atoms with Gasteiger partial charge in [-0.1, -0.05) is 19.9 Å². The van der Waals surface area contributed by atoms with Crippen molar-refractivity contribution < 1.29 is 4.74 Å². The molecule has 0 unspecified atom stereocenters. The fourth-order valence-corrected chi connectivity index (χ4v) is 2.44. The Morgan fingerprint density at radius 3 is 2.40 bits per heavy atom. The molecule has 0 amide bonds. The van der Waals surface area contributed by atoms with Crippen LogP contribution in [0, 0.1) is 13.8 Å². The summed E-state index contributed by atoms with van der Waals surface area (Å²) in [6.07, 6.45) is 0. The van der Waals surface area contributed by atoms with Crippen molar-refractivity contribution in [3.63, 3.8) is 0 Å². The number of hydrogen-bond donors (Lipinski definition) is 1. The van der Waals surface area contributed by atoms with Crippen molar-refractivity contribution in [2.45, 2.75) is 33.6 Å². The molecule has 0 atom stereocenters. The number of benzene rings is 1. The molecular weight excluding hydrogens is 250 g/mol. The monoisotopic (exact) mass is 271 g/mol. The van der Waals surface area contributed by atoms with Gasteiger partial charge in [-0.25, -0.2) is 9.97 Å². The summed E-state index contributed by atoms with van der Waals surface area (Å²) in [5, 5.41) is 0.